The number of aryl methyl sites for hydroxylation is 1. The van der Waals surface area contributed by atoms with Crippen molar-refractivity contribution in [3.63, 3.8) is 0 Å². The summed E-state index contributed by atoms with van der Waals surface area (Å²) in [6.07, 6.45) is 1.85. The molecule has 0 bridgehead atoms. The maximum absolute atomic E-state index is 6.11. The lowest BCUT2D eigenvalue weighted by atomic mass is 10.1. The van der Waals surface area contributed by atoms with Gasteiger partial charge in [0.25, 0.3) is 0 Å². The number of hydrogen-bond acceptors (Lipinski definition) is 2. The summed E-state index contributed by atoms with van der Waals surface area (Å²) in [5.74, 6) is 0. The van der Waals surface area contributed by atoms with Crippen molar-refractivity contribution in [1.29, 1.82) is 0 Å². The van der Waals surface area contributed by atoms with Gasteiger partial charge in [0, 0.05) is 22.8 Å². The van der Waals surface area contributed by atoms with E-state index in [1.165, 1.54) is 5.56 Å². The molecule has 0 radical (unpaired) electrons. The first-order valence-electron chi connectivity index (χ1n) is 6.52. The first-order valence-corrected chi connectivity index (χ1v) is 7.69. The number of nitrogens with one attached hydrogen (secondary N) is 1. The van der Waals surface area contributed by atoms with E-state index in [0.717, 1.165) is 22.4 Å². The first-order chi connectivity index (χ1) is 9.26. The van der Waals surface area contributed by atoms with E-state index >= 15 is 0 Å². The van der Waals surface area contributed by atoms with E-state index in [-0.39, 0.29) is 5.54 Å². The topological polar surface area (TPSA) is 29.9 Å². The second-order valence-electron chi connectivity index (χ2n) is 5.88. The summed E-state index contributed by atoms with van der Waals surface area (Å²) in [7, 11) is 0. The molecule has 0 aliphatic carbocycles. The minimum absolute atomic E-state index is 0.0715. The standard InChI is InChI=1S/C15H19BrClN3/c1-10-13(17)9-20(19-10)14-7-12(16)6-5-11(14)8-18-15(2,3)4/h5-7,9,18H,8H2,1-4H3. The quantitative estimate of drug-likeness (QED) is 0.878. The van der Waals surface area contributed by atoms with Crippen molar-refractivity contribution in [2.45, 2.75) is 39.8 Å². The van der Waals surface area contributed by atoms with Crippen molar-refractivity contribution in [3.8, 4) is 5.69 Å². The van der Waals surface area contributed by atoms with E-state index in [9.17, 15) is 0 Å². The molecule has 0 aliphatic heterocycles. The number of rotatable bonds is 3. The second kappa shape index (κ2) is 5.88. The zero-order valence-electron chi connectivity index (χ0n) is 12.2. The summed E-state index contributed by atoms with van der Waals surface area (Å²) < 4.78 is 2.86. The summed E-state index contributed by atoms with van der Waals surface area (Å²) in [5, 5.41) is 8.64. The molecule has 0 atom stereocenters. The molecule has 108 valence electrons. The minimum Gasteiger partial charge on any atom is -0.308 e. The van der Waals surface area contributed by atoms with Gasteiger partial charge in [-0.25, -0.2) is 4.68 Å². The van der Waals surface area contributed by atoms with Gasteiger partial charge in [0.05, 0.1) is 16.4 Å². The molecule has 2 rings (SSSR count). The van der Waals surface area contributed by atoms with Gasteiger partial charge >= 0.3 is 0 Å². The highest BCUT2D eigenvalue weighted by Crippen LogP contribution is 2.23. The Morgan fingerprint density at radius 2 is 2.05 bits per heavy atom. The Balaban J connectivity index is 2.38. The van der Waals surface area contributed by atoms with Crippen LogP contribution in [0.25, 0.3) is 5.69 Å². The average Bonchev–Trinajstić information content (AvgIpc) is 2.67. The van der Waals surface area contributed by atoms with E-state index in [1.54, 1.807) is 0 Å². The molecule has 0 saturated carbocycles. The number of nitrogens with zero attached hydrogens (tertiary/aromatic N) is 2. The molecule has 20 heavy (non-hydrogen) atoms. The zero-order chi connectivity index (χ0) is 14.9. The molecule has 0 unspecified atom stereocenters. The van der Waals surface area contributed by atoms with Crippen LogP contribution in [-0.4, -0.2) is 15.3 Å². The third-order valence-corrected chi connectivity index (χ3v) is 3.81. The molecule has 2 aromatic rings. The monoisotopic (exact) mass is 355 g/mol. The van der Waals surface area contributed by atoms with E-state index in [1.807, 2.05) is 23.9 Å². The Labute approximate surface area is 133 Å². The van der Waals surface area contributed by atoms with Crippen LogP contribution in [0, 0.1) is 6.92 Å². The van der Waals surface area contributed by atoms with Crippen molar-refractivity contribution in [3.05, 3.63) is 45.1 Å². The van der Waals surface area contributed by atoms with Crippen LogP contribution in [0.2, 0.25) is 5.02 Å². The molecule has 0 fully saturated rings. The van der Waals surface area contributed by atoms with Crippen LogP contribution >= 0.6 is 27.5 Å². The van der Waals surface area contributed by atoms with Crippen molar-refractivity contribution in [2.24, 2.45) is 0 Å². The Hall–Kier alpha value is -0.840. The van der Waals surface area contributed by atoms with Gasteiger partial charge < -0.3 is 5.32 Å². The highest BCUT2D eigenvalue weighted by molar-refractivity contribution is 9.10. The van der Waals surface area contributed by atoms with Gasteiger partial charge in [-0.2, -0.15) is 5.10 Å². The Morgan fingerprint density at radius 1 is 1.35 bits per heavy atom. The summed E-state index contributed by atoms with van der Waals surface area (Å²) in [5.41, 5.74) is 3.12. The molecule has 0 saturated heterocycles. The maximum atomic E-state index is 6.11. The number of benzene rings is 1. The van der Waals surface area contributed by atoms with E-state index in [2.05, 4.69) is 59.2 Å². The lowest BCUT2D eigenvalue weighted by molar-refractivity contribution is 0.424. The maximum Gasteiger partial charge on any atom is 0.0819 e. The molecule has 1 aromatic carbocycles. The average molecular weight is 357 g/mol. The Morgan fingerprint density at radius 3 is 2.60 bits per heavy atom. The van der Waals surface area contributed by atoms with Crippen molar-refractivity contribution < 1.29 is 0 Å². The molecule has 3 nitrogen and oxygen atoms in total. The Bertz CT molecular complexity index is 595. The minimum atomic E-state index is 0.0715. The van der Waals surface area contributed by atoms with Crippen LogP contribution < -0.4 is 5.32 Å². The smallest absolute Gasteiger partial charge is 0.0819 e. The number of halogens is 2. The summed E-state index contributed by atoms with van der Waals surface area (Å²) in [4.78, 5) is 0. The highest BCUT2D eigenvalue weighted by Gasteiger charge is 2.13. The van der Waals surface area contributed by atoms with Crippen LogP contribution in [0.5, 0.6) is 0 Å². The third-order valence-electron chi connectivity index (χ3n) is 2.94. The SMILES string of the molecule is Cc1nn(-c2cc(Br)ccc2CNC(C)(C)C)cc1Cl. The normalized spacial score (nSPS) is 11.9. The van der Waals surface area contributed by atoms with Crippen molar-refractivity contribution in [1.82, 2.24) is 15.1 Å². The molecule has 0 spiro atoms. The molecule has 1 N–H and O–H groups in total. The molecule has 1 heterocycles. The summed E-state index contributed by atoms with van der Waals surface area (Å²) >= 11 is 9.63. The summed E-state index contributed by atoms with van der Waals surface area (Å²) in [6.45, 7) is 9.15. The lowest BCUT2D eigenvalue weighted by Gasteiger charge is -2.21. The highest BCUT2D eigenvalue weighted by atomic mass is 79.9. The predicted octanol–water partition coefficient (Wildman–Crippen LogP) is 4.48. The fourth-order valence-electron chi connectivity index (χ4n) is 1.82. The molecule has 1 aromatic heterocycles. The van der Waals surface area contributed by atoms with Crippen molar-refractivity contribution in [2.75, 3.05) is 0 Å². The summed E-state index contributed by atoms with van der Waals surface area (Å²) in [6, 6.07) is 6.20. The molecular formula is C15H19BrClN3. The van der Waals surface area contributed by atoms with E-state index < -0.39 is 0 Å². The third kappa shape index (κ3) is 3.84. The van der Waals surface area contributed by atoms with Crippen LogP contribution in [0.4, 0.5) is 0 Å². The van der Waals surface area contributed by atoms with E-state index in [0.29, 0.717) is 5.02 Å². The fraction of sp³-hybridized carbons (Fsp3) is 0.400. The van der Waals surface area contributed by atoms with Crippen LogP contribution in [0.1, 0.15) is 32.0 Å². The first kappa shape index (κ1) is 15.5. The fourth-order valence-corrected chi connectivity index (χ4v) is 2.30. The number of hydrogen-bond donors (Lipinski definition) is 1. The predicted molar refractivity (Wildman–Crippen MR) is 87.6 cm³/mol. The van der Waals surface area contributed by atoms with Gasteiger partial charge in [0.2, 0.25) is 0 Å². The van der Waals surface area contributed by atoms with Crippen LogP contribution in [0.15, 0.2) is 28.9 Å². The van der Waals surface area contributed by atoms with Gasteiger partial charge in [0.1, 0.15) is 0 Å². The van der Waals surface area contributed by atoms with Gasteiger partial charge in [-0.05, 0) is 45.4 Å². The van der Waals surface area contributed by atoms with Gasteiger partial charge in [0.15, 0.2) is 0 Å². The largest absolute Gasteiger partial charge is 0.308 e. The van der Waals surface area contributed by atoms with E-state index in [4.69, 9.17) is 11.6 Å². The lowest BCUT2D eigenvalue weighted by Crippen LogP contribution is -2.35. The second-order valence-corrected chi connectivity index (χ2v) is 7.21. The van der Waals surface area contributed by atoms with Gasteiger partial charge in [-0.1, -0.05) is 33.6 Å². The zero-order valence-corrected chi connectivity index (χ0v) is 14.5. The van der Waals surface area contributed by atoms with Gasteiger partial charge in [-0.15, -0.1) is 0 Å². The van der Waals surface area contributed by atoms with Gasteiger partial charge in [-0.3, -0.25) is 0 Å². The Kier molecular flexibility index (Phi) is 4.57. The molecular weight excluding hydrogens is 338 g/mol. The van der Waals surface area contributed by atoms with Crippen molar-refractivity contribution >= 4 is 27.5 Å². The van der Waals surface area contributed by atoms with Crippen LogP contribution in [-0.2, 0) is 6.54 Å². The number of aromatic nitrogens is 2. The molecule has 0 aliphatic rings. The van der Waals surface area contributed by atoms with Crippen LogP contribution in [0.3, 0.4) is 0 Å². The molecule has 5 heteroatoms. The molecule has 0 amide bonds.